The van der Waals surface area contributed by atoms with Crippen LogP contribution in [0.15, 0.2) is 57.4 Å². The molecule has 11 heteroatoms. The number of amidine groups is 1. The fourth-order valence-corrected chi connectivity index (χ4v) is 4.26. The Morgan fingerprint density at radius 3 is 2.36 bits per heavy atom. The molecule has 1 unspecified atom stereocenters. The highest BCUT2D eigenvalue weighted by atomic mass is 32.2. The standard InChI is InChI=1S/C20H27FN4O2S.C11H14F2O/c1-5-7-17(26)13-28-14(3)25-20(27)24-12-18(21)15-8-10-16(11-9-15)19(22-4)23-6-2;1-8-6-10(14-3)5-4-9(8)7-11(2,12)13/h6,8-11,18H,5,7,12-13H2,1-4H3,(H,24,27);4-6H,7H2,1-3H3/b22-19?,23-6?,25-14-;. The number of nitrogens with zero attached hydrogens (tertiary/aromatic N) is 3. The van der Waals surface area contributed by atoms with Gasteiger partial charge < -0.3 is 10.1 Å². The third-order valence-electron chi connectivity index (χ3n) is 5.71. The van der Waals surface area contributed by atoms with Crippen molar-refractivity contribution in [3.05, 3.63) is 64.7 Å². The van der Waals surface area contributed by atoms with Crippen molar-refractivity contribution in [2.75, 3.05) is 26.5 Å². The van der Waals surface area contributed by atoms with Crippen LogP contribution in [-0.4, -0.2) is 61.3 Å². The number of aryl methyl sites for hydroxylation is 1. The number of ether oxygens (including phenoxy) is 1. The number of carbonyl (C=O) groups excluding carboxylic acids is 2. The maximum absolute atomic E-state index is 14.4. The Labute approximate surface area is 251 Å². The van der Waals surface area contributed by atoms with E-state index in [-0.39, 0.29) is 18.7 Å². The van der Waals surface area contributed by atoms with Crippen molar-refractivity contribution in [1.82, 2.24) is 5.32 Å². The van der Waals surface area contributed by atoms with Crippen molar-refractivity contribution < 1.29 is 27.5 Å². The van der Waals surface area contributed by atoms with Crippen LogP contribution in [0.4, 0.5) is 18.0 Å². The minimum absolute atomic E-state index is 0.121. The summed E-state index contributed by atoms with van der Waals surface area (Å²) in [6.45, 7) is 7.94. The van der Waals surface area contributed by atoms with Gasteiger partial charge in [0.25, 0.3) is 0 Å². The molecule has 2 amide bonds. The molecule has 0 aliphatic rings. The Bertz CT molecular complexity index is 1240. The van der Waals surface area contributed by atoms with Gasteiger partial charge in [0.15, 0.2) is 5.84 Å². The van der Waals surface area contributed by atoms with E-state index in [1.807, 2.05) is 13.8 Å². The van der Waals surface area contributed by atoms with Crippen LogP contribution in [0.5, 0.6) is 5.75 Å². The number of thioether (sulfide) groups is 1. The highest BCUT2D eigenvalue weighted by Gasteiger charge is 2.22. The molecule has 0 radical (unpaired) electrons. The van der Waals surface area contributed by atoms with E-state index in [4.69, 9.17) is 4.74 Å². The Balaban J connectivity index is 0.000000525. The number of carbonyl (C=O) groups is 2. The van der Waals surface area contributed by atoms with Crippen molar-refractivity contribution in [2.45, 2.75) is 66.0 Å². The number of Topliss-reactive ketones (excluding diaryl/α,β-unsaturated/α-hetero) is 1. The molecule has 0 aliphatic carbocycles. The van der Waals surface area contributed by atoms with Crippen molar-refractivity contribution >= 4 is 40.7 Å². The predicted octanol–water partition coefficient (Wildman–Crippen LogP) is 7.60. The summed E-state index contributed by atoms with van der Waals surface area (Å²) in [5.41, 5.74) is 2.74. The first-order valence-corrected chi connectivity index (χ1v) is 14.5. The van der Waals surface area contributed by atoms with Crippen LogP contribution in [0, 0.1) is 6.92 Å². The molecule has 1 N–H and O–H groups in total. The SMILES string of the molecule is CC=NC(=NC)c1ccc(C(F)CNC(=O)/N=C(/C)SCC(=O)CCC)cc1.COc1ccc(CC(C)(F)F)c(C)c1. The second-order valence-corrected chi connectivity index (χ2v) is 10.6. The zero-order chi connectivity index (χ0) is 31.7. The molecule has 42 heavy (non-hydrogen) atoms. The van der Waals surface area contributed by atoms with E-state index in [0.29, 0.717) is 39.9 Å². The van der Waals surface area contributed by atoms with Crippen molar-refractivity contribution in [3.8, 4) is 5.75 Å². The summed E-state index contributed by atoms with van der Waals surface area (Å²) >= 11 is 1.22. The average molecular weight is 607 g/mol. The zero-order valence-electron chi connectivity index (χ0n) is 25.3. The number of halogens is 3. The first-order valence-electron chi connectivity index (χ1n) is 13.5. The Morgan fingerprint density at radius 1 is 1.17 bits per heavy atom. The van der Waals surface area contributed by atoms with Gasteiger partial charge in [0.2, 0.25) is 5.92 Å². The molecule has 2 aromatic rings. The zero-order valence-corrected chi connectivity index (χ0v) is 26.2. The quantitative estimate of drug-likeness (QED) is 0.211. The van der Waals surface area contributed by atoms with Gasteiger partial charge in [-0.25, -0.2) is 23.0 Å². The van der Waals surface area contributed by atoms with Gasteiger partial charge >= 0.3 is 6.03 Å². The number of methoxy groups -OCH3 is 1. The third kappa shape index (κ3) is 14.4. The molecule has 0 fully saturated rings. The van der Waals surface area contributed by atoms with Gasteiger partial charge in [0, 0.05) is 31.7 Å². The number of benzene rings is 2. The molecule has 0 aliphatic heterocycles. The molecular formula is C31H41F3N4O3S. The highest BCUT2D eigenvalue weighted by molar-refractivity contribution is 8.14. The van der Waals surface area contributed by atoms with Crippen LogP contribution >= 0.6 is 11.8 Å². The lowest BCUT2D eigenvalue weighted by Gasteiger charge is -2.12. The maximum Gasteiger partial charge on any atom is 0.341 e. The van der Waals surface area contributed by atoms with E-state index in [9.17, 15) is 22.8 Å². The molecule has 2 aromatic carbocycles. The van der Waals surface area contributed by atoms with Gasteiger partial charge in [-0.2, -0.15) is 4.99 Å². The summed E-state index contributed by atoms with van der Waals surface area (Å²) in [4.78, 5) is 35.4. The van der Waals surface area contributed by atoms with Gasteiger partial charge in [-0.15, -0.1) is 11.8 Å². The molecule has 0 aromatic heterocycles. The van der Waals surface area contributed by atoms with E-state index >= 15 is 0 Å². The lowest BCUT2D eigenvalue weighted by atomic mass is 10.0. The summed E-state index contributed by atoms with van der Waals surface area (Å²) in [6.07, 6.45) is 1.38. The Kier molecular flexibility index (Phi) is 16.4. The first kappa shape index (κ1) is 36.6. The fraction of sp³-hybridized carbons (Fsp3) is 0.452. The van der Waals surface area contributed by atoms with E-state index < -0.39 is 18.1 Å². The molecule has 7 nitrogen and oxygen atoms in total. The summed E-state index contributed by atoms with van der Waals surface area (Å²) in [7, 11) is 3.20. The number of amides is 2. The topological polar surface area (TPSA) is 92.5 Å². The number of urea groups is 1. The second kappa shape index (κ2) is 18.9. The Hall–Kier alpha value is -3.47. The molecule has 2 rings (SSSR count). The third-order valence-corrected chi connectivity index (χ3v) is 6.68. The normalized spacial score (nSPS) is 12.9. The van der Waals surface area contributed by atoms with Crippen molar-refractivity contribution in [3.63, 3.8) is 0 Å². The minimum atomic E-state index is -2.65. The number of hydrogen-bond donors (Lipinski definition) is 1. The van der Waals surface area contributed by atoms with Gasteiger partial charge in [-0.1, -0.05) is 37.3 Å². The average Bonchev–Trinajstić information content (AvgIpc) is 2.94. The van der Waals surface area contributed by atoms with Gasteiger partial charge in [0.05, 0.1) is 24.5 Å². The fourth-order valence-electron chi connectivity index (χ4n) is 3.60. The van der Waals surface area contributed by atoms with Crippen LogP contribution in [0.2, 0.25) is 0 Å². The molecule has 0 spiro atoms. The van der Waals surface area contributed by atoms with Gasteiger partial charge in [-0.05, 0) is 62.9 Å². The first-order chi connectivity index (χ1) is 19.8. The molecule has 230 valence electrons. The molecule has 0 bridgehead atoms. The summed E-state index contributed by atoms with van der Waals surface area (Å²) in [5, 5.41) is 2.92. The summed E-state index contributed by atoms with van der Waals surface area (Å²) in [5.74, 6) is -0.974. The predicted molar refractivity (Wildman–Crippen MR) is 168 cm³/mol. The van der Waals surface area contributed by atoms with E-state index in [1.54, 1.807) is 76.7 Å². The summed E-state index contributed by atoms with van der Waals surface area (Å²) in [6, 6.07) is 11.3. The minimum Gasteiger partial charge on any atom is -0.497 e. The van der Waals surface area contributed by atoms with Crippen molar-refractivity contribution in [2.24, 2.45) is 15.0 Å². The highest BCUT2D eigenvalue weighted by Crippen LogP contribution is 2.24. The lowest BCUT2D eigenvalue weighted by Crippen LogP contribution is -2.24. The second-order valence-electron chi connectivity index (χ2n) is 9.46. The molecule has 0 saturated carbocycles. The van der Waals surface area contributed by atoms with Crippen LogP contribution < -0.4 is 10.1 Å². The van der Waals surface area contributed by atoms with Crippen molar-refractivity contribution in [1.29, 1.82) is 0 Å². The Morgan fingerprint density at radius 2 is 1.83 bits per heavy atom. The molecule has 0 heterocycles. The van der Waals surface area contributed by atoms with Gasteiger partial charge in [0.1, 0.15) is 17.7 Å². The number of ketones is 1. The lowest BCUT2D eigenvalue weighted by molar-refractivity contribution is -0.116. The monoisotopic (exact) mass is 606 g/mol. The van der Waals surface area contributed by atoms with E-state index in [0.717, 1.165) is 24.5 Å². The summed E-state index contributed by atoms with van der Waals surface area (Å²) < 4.78 is 44.8. The maximum atomic E-state index is 14.4. The molecule has 1 atom stereocenters. The van der Waals surface area contributed by atoms with Crippen LogP contribution in [0.1, 0.15) is 69.0 Å². The van der Waals surface area contributed by atoms with Gasteiger partial charge in [-0.3, -0.25) is 9.79 Å². The largest absolute Gasteiger partial charge is 0.497 e. The smallest absolute Gasteiger partial charge is 0.341 e. The number of hydrogen-bond acceptors (Lipinski definition) is 5. The van der Waals surface area contributed by atoms with E-state index in [1.165, 1.54) is 11.8 Å². The number of nitrogens with one attached hydrogen (secondary N) is 1. The number of aliphatic imine (C=N–C) groups is 3. The van der Waals surface area contributed by atoms with Crippen LogP contribution in [-0.2, 0) is 11.2 Å². The molecule has 0 saturated heterocycles. The number of alkyl halides is 3. The van der Waals surface area contributed by atoms with Crippen LogP contribution in [0.25, 0.3) is 0 Å². The van der Waals surface area contributed by atoms with Crippen LogP contribution in [0.3, 0.4) is 0 Å². The molecular weight excluding hydrogens is 565 g/mol. The van der Waals surface area contributed by atoms with E-state index in [2.05, 4.69) is 20.3 Å². The number of rotatable bonds is 11.